The maximum atomic E-state index is 12.3. The fraction of sp³-hybridized carbons (Fsp3) is 0.571. The highest BCUT2D eigenvalue weighted by atomic mass is 35.5. The second kappa shape index (κ2) is 7.41. The summed E-state index contributed by atoms with van der Waals surface area (Å²) in [5.41, 5.74) is 7.31. The molecular formula is C14H25ClN2O2S. The third-order valence-electron chi connectivity index (χ3n) is 3.66. The van der Waals surface area contributed by atoms with E-state index < -0.39 is 15.6 Å². The van der Waals surface area contributed by atoms with Crippen LogP contribution in [0.25, 0.3) is 0 Å². The van der Waals surface area contributed by atoms with E-state index in [2.05, 4.69) is 4.72 Å². The average molecular weight is 321 g/mol. The Morgan fingerprint density at radius 3 is 2.25 bits per heavy atom. The summed E-state index contributed by atoms with van der Waals surface area (Å²) in [4.78, 5) is 0.335. The lowest BCUT2D eigenvalue weighted by molar-refractivity contribution is 0.391. The Hall–Kier alpha value is -0.620. The van der Waals surface area contributed by atoms with E-state index in [9.17, 15) is 8.42 Å². The molecule has 0 amide bonds. The number of sulfonamides is 1. The maximum absolute atomic E-state index is 12.3. The van der Waals surface area contributed by atoms with Crippen molar-refractivity contribution in [3.05, 3.63) is 29.3 Å². The van der Waals surface area contributed by atoms with Crippen LogP contribution in [0.1, 0.15) is 37.8 Å². The fourth-order valence-corrected chi connectivity index (χ4v) is 3.28. The molecule has 1 aromatic rings. The van der Waals surface area contributed by atoms with E-state index in [0.29, 0.717) is 4.90 Å². The number of rotatable bonds is 6. The summed E-state index contributed by atoms with van der Waals surface area (Å²) >= 11 is 0. The molecule has 4 nitrogen and oxygen atoms in total. The summed E-state index contributed by atoms with van der Waals surface area (Å²) in [6.07, 6.45) is 1.47. The molecule has 0 radical (unpaired) electrons. The van der Waals surface area contributed by atoms with Crippen LogP contribution in [-0.2, 0) is 10.0 Å². The van der Waals surface area contributed by atoms with Crippen LogP contribution < -0.4 is 10.5 Å². The van der Waals surface area contributed by atoms with Crippen LogP contribution in [0, 0.1) is 13.8 Å². The monoisotopic (exact) mass is 320 g/mol. The molecule has 6 heteroatoms. The number of nitrogens with two attached hydrogens (primary N) is 1. The van der Waals surface area contributed by atoms with Crippen LogP contribution in [0.4, 0.5) is 0 Å². The lowest BCUT2D eigenvalue weighted by atomic mass is 9.95. The predicted molar refractivity (Wildman–Crippen MR) is 85.9 cm³/mol. The van der Waals surface area contributed by atoms with E-state index >= 15 is 0 Å². The molecule has 3 N–H and O–H groups in total. The average Bonchev–Trinajstić information content (AvgIpc) is 2.39. The topological polar surface area (TPSA) is 72.2 Å². The van der Waals surface area contributed by atoms with E-state index in [0.717, 1.165) is 24.0 Å². The van der Waals surface area contributed by atoms with Gasteiger partial charge in [0, 0.05) is 12.1 Å². The van der Waals surface area contributed by atoms with Crippen LogP contribution in [0.5, 0.6) is 0 Å². The fourth-order valence-electron chi connectivity index (χ4n) is 1.81. The second-order valence-corrected chi connectivity index (χ2v) is 6.90. The first-order valence-corrected chi connectivity index (χ1v) is 8.08. The van der Waals surface area contributed by atoms with Gasteiger partial charge in [-0.2, -0.15) is 0 Å². The Balaban J connectivity index is 0.00000361. The molecule has 0 unspecified atom stereocenters. The van der Waals surface area contributed by atoms with Crippen molar-refractivity contribution < 1.29 is 8.42 Å². The van der Waals surface area contributed by atoms with Crippen LogP contribution in [0.3, 0.4) is 0 Å². The molecule has 0 fully saturated rings. The molecule has 0 saturated carbocycles. The van der Waals surface area contributed by atoms with Crippen LogP contribution in [0.15, 0.2) is 23.1 Å². The highest BCUT2D eigenvalue weighted by molar-refractivity contribution is 7.89. The lowest BCUT2D eigenvalue weighted by Gasteiger charge is -2.26. The third kappa shape index (κ3) is 4.74. The minimum atomic E-state index is -3.50. The zero-order valence-corrected chi connectivity index (χ0v) is 14.2. The Morgan fingerprint density at radius 2 is 1.75 bits per heavy atom. The van der Waals surface area contributed by atoms with Crippen molar-refractivity contribution in [2.45, 2.75) is 51.0 Å². The first-order valence-electron chi connectivity index (χ1n) is 6.60. The molecule has 0 spiro atoms. The number of nitrogens with one attached hydrogen (secondary N) is 1. The summed E-state index contributed by atoms with van der Waals surface area (Å²) in [5, 5.41) is 0. The first kappa shape index (κ1) is 19.4. The number of aryl methyl sites for hydroxylation is 2. The minimum absolute atomic E-state index is 0. The zero-order valence-electron chi connectivity index (χ0n) is 12.6. The SMILES string of the molecule is CCC(N)(CC)CNS(=O)(=O)c1cc(C)ccc1C.Cl. The third-order valence-corrected chi connectivity index (χ3v) is 5.20. The van der Waals surface area contributed by atoms with Crippen molar-refractivity contribution in [2.24, 2.45) is 5.73 Å². The van der Waals surface area contributed by atoms with Gasteiger partial charge in [0.25, 0.3) is 0 Å². The molecule has 1 rings (SSSR count). The van der Waals surface area contributed by atoms with Crippen LogP contribution in [-0.4, -0.2) is 20.5 Å². The van der Waals surface area contributed by atoms with Gasteiger partial charge >= 0.3 is 0 Å². The van der Waals surface area contributed by atoms with Gasteiger partial charge in [-0.25, -0.2) is 13.1 Å². The summed E-state index contributed by atoms with van der Waals surface area (Å²) < 4.78 is 27.3. The number of halogens is 1. The molecule has 0 bridgehead atoms. The first-order chi connectivity index (χ1) is 8.74. The highest BCUT2D eigenvalue weighted by Crippen LogP contribution is 2.18. The summed E-state index contributed by atoms with van der Waals surface area (Å²) in [6, 6.07) is 5.41. The van der Waals surface area contributed by atoms with Crippen molar-refractivity contribution in [1.29, 1.82) is 0 Å². The zero-order chi connectivity index (χ0) is 14.7. The molecule has 116 valence electrons. The Bertz CT molecular complexity index is 540. The van der Waals surface area contributed by atoms with Gasteiger partial charge in [-0.3, -0.25) is 0 Å². The standard InChI is InChI=1S/C14H24N2O2S.ClH/c1-5-14(15,6-2)10-16-19(17,18)13-9-11(3)7-8-12(13)4;/h7-9,16H,5-6,10,15H2,1-4H3;1H. The second-order valence-electron chi connectivity index (χ2n) is 5.16. The van der Waals surface area contributed by atoms with Crippen LogP contribution >= 0.6 is 12.4 Å². The number of benzene rings is 1. The van der Waals surface area contributed by atoms with Crippen LogP contribution in [0.2, 0.25) is 0 Å². The van der Waals surface area contributed by atoms with Gasteiger partial charge in [0.1, 0.15) is 0 Å². The van der Waals surface area contributed by atoms with Gasteiger partial charge in [-0.15, -0.1) is 12.4 Å². The number of hydrogen-bond donors (Lipinski definition) is 2. The smallest absolute Gasteiger partial charge is 0.240 e. The normalized spacial score (nSPS) is 12.1. The number of hydrogen-bond acceptors (Lipinski definition) is 3. The highest BCUT2D eigenvalue weighted by Gasteiger charge is 2.24. The molecule has 0 atom stereocenters. The van der Waals surface area contributed by atoms with E-state index in [-0.39, 0.29) is 19.0 Å². The summed E-state index contributed by atoms with van der Waals surface area (Å²) in [6.45, 7) is 7.87. The molecular weight excluding hydrogens is 296 g/mol. The molecule has 0 heterocycles. The summed E-state index contributed by atoms with van der Waals surface area (Å²) in [5.74, 6) is 0. The Morgan fingerprint density at radius 1 is 1.20 bits per heavy atom. The van der Waals surface area contributed by atoms with E-state index in [1.165, 1.54) is 0 Å². The Kier molecular flexibility index (Phi) is 7.18. The molecule has 0 aliphatic heterocycles. The largest absolute Gasteiger partial charge is 0.324 e. The van der Waals surface area contributed by atoms with Crippen molar-refractivity contribution in [3.8, 4) is 0 Å². The van der Waals surface area contributed by atoms with Gasteiger partial charge in [-0.05, 0) is 43.9 Å². The quantitative estimate of drug-likeness (QED) is 0.846. The van der Waals surface area contributed by atoms with Gasteiger partial charge in [-0.1, -0.05) is 26.0 Å². The predicted octanol–water partition coefficient (Wildman–Crippen LogP) is 2.52. The molecule has 0 aliphatic carbocycles. The maximum Gasteiger partial charge on any atom is 0.240 e. The summed E-state index contributed by atoms with van der Waals surface area (Å²) in [7, 11) is -3.50. The minimum Gasteiger partial charge on any atom is -0.324 e. The molecule has 1 aromatic carbocycles. The van der Waals surface area contributed by atoms with E-state index in [4.69, 9.17) is 5.73 Å². The van der Waals surface area contributed by atoms with E-state index in [1.54, 1.807) is 13.0 Å². The van der Waals surface area contributed by atoms with Crippen molar-refractivity contribution in [3.63, 3.8) is 0 Å². The molecule has 0 aromatic heterocycles. The van der Waals surface area contributed by atoms with Crippen molar-refractivity contribution in [1.82, 2.24) is 4.72 Å². The van der Waals surface area contributed by atoms with Gasteiger partial charge < -0.3 is 5.73 Å². The Labute approximate surface area is 128 Å². The molecule has 20 heavy (non-hydrogen) atoms. The lowest BCUT2D eigenvalue weighted by Crippen LogP contribution is -2.49. The van der Waals surface area contributed by atoms with Crippen molar-refractivity contribution >= 4 is 22.4 Å². The molecule has 0 saturated heterocycles. The molecule has 0 aliphatic rings. The van der Waals surface area contributed by atoms with Crippen molar-refractivity contribution in [2.75, 3.05) is 6.54 Å². The van der Waals surface area contributed by atoms with Gasteiger partial charge in [0.05, 0.1) is 4.90 Å². The van der Waals surface area contributed by atoms with E-state index in [1.807, 2.05) is 32.9 Å². The van der Waals surface area contributed by atoms with Gasteiger partial charge in [0.2, 0.25) is 10.0 Å². The van der Waals surface area contributed by atoms with Gasteiger partial charge in [0.15, 0.2) is 0 Å².